The lowest BCUT2D eigenvalue weighted by atomic mass is 10.0. The Hall–Kier alpha value is -2.67. The summed E-state index contributed by atoms with van der Waals surface area (Å²) in [5.74, 6) is -1.29. The highest BCUT2D eigenvalue weighted by molar-refractivity contribution is 5.95. The molecule has 0 aliphatic heterocycles. The molecule has 2 aromatic rings. The Balaban J connectivity index is 0.00000151. The quantitative estimate of drug-likeness (QED) is 0.723. The van der Waals surface area contributed by atoms with Gasteiger partial charge in [-0.05, 0) is 18.9 Å². The van der Waals surface area contributed by atoms with Crippen molar-refractivity contribution < 1.29 is 14.7 Å². The Morgan fingerprint density at radius 1 is 1.28 bits per heavy atom. The minimum atomic E-state index is -1.48. The van der Waals surface area contributed by atoms with Crippen LogP contribution in [0, 0.1) is 6.92 Å². The average Bonchev–Trinajstić information content (AvgIpc) is 2.94. The van der Waals surface area contributed by atoms with Gasteiger partial charge < -0.3 is 16.2 Å². The number of carbonyl (C=O) groups is 2. The molecule has 0 fully saturated rings. The van der Waals surface area contributed by atoms with E-state index in [1.165, 1.54) is 4.68 Å². The number of aliphatic hydroxyl groups is 1. The number of nitrogens with zero attached hydrogens (tertiary/aromatic N) is 2. The number of aryl methyl sites for hydroxylation is 2. The molecule has 1 aromatic heterocycles. The summed E-state index contributed by atoms with van der Waals surface area (Å²) in [6.45, 7) is 5.71. The summed E-state index contributed by atoms with van der Waals surface area (Å²) in [4.78, 5) is 23.7. The maximum atomic E-state index is 12.4. The van der Waals surface area contributed by atoms with Crippen LogP contribution in [0.3, 0.4) is 0 Å². The summed E-state index contributed by atoms with van der Waals surface area (Å²) >= 11 is 0. The van der Waals surface area contributed by atoms with Crippen LogP contribution in [0.5, 0.6) is 0 Å². The van der Waals surface area contributed by atoms with E-state index < -0.39 is 24.0 Å². The molecule has 7 heteroatoms. The molecule has 2 amide bonds. The van der Waals surface area contributed by atoms with Crippen molar-refractivity contribution >= 4 is 11.8 Å². The highest BCUT2D eigenvalue weighted by Gasteiger charge is 2.27. The van der Waals surface area contributed by atoms with E-state index in [1.807, 2.05) is 44.2 Å². The highest BCUT2D eigenvalue weighted by Crippen LogP contribution is 2.10. The molecule has 1 aromatic carbocycles. The van der Waals surface area contributed by atoms with E-state index >= 15 is 0 Å². The molecule has 0 bridgehead atoms. The predicted molar refractivity (Wildman–Crippen MR) is 95.9 cm³/mol. The van der Waals surface area contributed by atoms with Crippen LogP contribution in [0.4, 0.5) is 0 Å². The summed E-state index contributed by atoms with van der Waals surface area (Å²) in [6.07, 6.45) is 0.396. The largest absolute Gasteiger partial charge is 0.381 e. The van der Waals surface area contributed by atoms with E-state index in [4.69, 9.17) is 5.73 Å². The Kier molecular flexibility index (Phi) is 7.81. The third-order valence-corrected chi connectivity index (χ3v) is 3.55. The number of primary amides is 1. The fourth-order valence-corrected chi connectivity index (χ4v) is 2.38. The number of aliphatic hydroxyl groups excluding tert-OH is 1. The van der Waals surface area contributed by atoms with Crippen LogP contribution in [-0.4, -0.2) is 38.8 Å². The third kappa shape index (κ3) is 5.72. The molecule has 0 aliphatic carbocycles. The molecule has 0 saturated heterocycles. The molecule has 25 heavy (non-hydrogen) atoms. The number of hydrogen-bond acceptors (Lipinski definition) is 4. The second-order valence-corrected chi connectivity index (χ2v) is 5.42. The molecule has 0 radical (unpaired) electrons. The van der Waals surface area contributed by atoms with Gasteiger partial charge in [0.05, 0.1) is 17.3 Å². The van der Waals surface area contributed by atoms with Crippen LogP contribution < -0.4 is 11.1 Å². The molecular formula is C18H26N4O3. The zero-order valence-corrected chi connectivity index (χ0v) is 15.1. The van der Waals surface area contributed by atoms with Crippen LogP contribution in [0.25, 0.3) is 0 Å². The van der Waals surface area contributed by atoms with Crippen LogP contribution in [0.15, 0.2) is 36.5 Å². The molecular weight excluding hydrogens is 320 g/mol. The van der Waals surface area contributed by atoms with Gasteiger partial charge in [-0.3, -0.25) is 14.3 Å². The monoisotopic (exact) mass is 346 g/mol. The lowest BCUT2D eigenvalue weighted by Crippen LogP contribution is -2.50. The van der Waals surface area contributed by atoms with E-state index in [9.17, 15) is 14.7 Å². The maximum absolute atomic E-state index is 12.4. The van der Waals surface area contributed by atoms with Crippen LogP contribution >= 0.6 is 0 Å². The Labute approximate surface area is 147 Å². The first-order chi connectivity index (χ1) is 11.9. The zero-order valence-electron chi connectivity index (χ0n) is 15.1. The van der Waals surface area contributed by atoms with E-state index in [0.717, 1.165) is 5.56 Å². The second kappa shape index (κ2) is 9.58. The van der Waals surface area contributed by atoms with Crippen LogP contribution in [-0.2, 0) is 18.3 Å². The lowest BCUT2D eigenvalue weighted by Gasteiger charge is -2.22. The molecule has 0 aliphatic rings. The summed E-state index contributed by atoms with van der Waals surface area (Å²) in [5.41, 5.74) is 7.02. The van der Waals surface area contributed by atoms with Gasteiger partial charge in [0, 0.05) is 13.2 Å². The van der Waals surface area contributed by atoms with Crippen molar-refractivity contribution in [2.75, 3.05) is 0 Å². The van der Waals surface area contributed by atoms with Crippen LogP contribution in [0.1, 0.15) is 35.5 Å². The number of aromatic nitrogens is 2. The van der Waals surface area contributed by atoms with E-state index in [0.29, 0.717) is 11.3 Å². The second-order valence-electron chi connectivity index (χ2n) is 5.42. The number of amides is 2. The van der Waals surface area contributed by atoms with Crippen molar-refractivity contribution in [3.05, 3.63) is 53.3 Å². The number of benzene rings is 1. The first kappa shape index (κ1) is 20.4. The van der Waals surface area contributed by atoms with Gasteiger partial charge in [-0.25, -0.2) is 0 Å². The number of hydrogen-bond donors (Lipinski definition) is 3. The van der Waals surface area contributed by atoms with Gasteiger partial charge in [-0.1, -0.05) is 44.2 Å². The molecule has 7 nitrogen and oxygen atoms in total. The predicted octanol–water partition coefficient (Wildman–Crippen LogP) is 0.942. The number of rotatable bonds is 6. The van der Waals surface area contributed by atoms with Crippen molar-refractivity contribution in [1.29, 1.82) is 0 Å². The Bertz CT molecular complexity index is 698. The summed E-state index contributed by atoms with van der Waals surface area (Å²) in [5, 5.41) is 16.8. The van der Waals surface area contributed by atoms with Crippen molar-refractivity contribution in [2.24, 2.45) is 12.8 Å². The average molecular weight is 346 g/mol. The van der Waals surface area contributed by atoms with Crippen molar-refractivity contribution in [1.82, 2.24) is 15.1 Å². The van der Waals surface area contributed by atoms with Gasteiger partial charge in [0.1, 0.15) is 0 Å². The fourth-order valence-electron chi connectivity index (χ4n) is 2.38. The van der Waals surface area contributed by atoms with Gasteiger partial charge in [0.2, 0.25) is 5.91 Å². The summed E-state index contributed by atoms with van der Waals surface area (Å²) in [7, 11) is 1.71. The standard InChI is InChI=1S/C16H20N4O3.C2H6/c1-10-12(9-20(2)19-10)16(23)18-13(14(21)15(17)22)8-11-6-4-3-5-7-11;1-2/h3-7,9,13-14,21H,8H2,1-2H3,(H2,17,22)(H,18,23);1-2H3. The van der Waals surface area contributed by atoms with Gasteiger partial charge >= 0.3 is 0 Å². The number of carbonyl (C=O) groups excluding carboxylic acids is 2. The first-order valence-electron chi connectivity index (χ1n) is 8.21. The van der Waals surface area contributed by atoms with Gasteiger partial charge in [0.15, 0.2) is 6.10 Å². The van der Waals surface area contributed by atoms with Gasteiger partial charge in [-0.15, -0.1) is 0 Å². The smallest absolute Gasteiger partial charge is 0.255 e. The Morgan fingerprint density at radius 2 is 1.88 bits per heavy atom. The van der Waals surface area contributed by atoms with Crippen molar-refractivity contribution in [3.8, 4) is 0 Å². The molecule has 2 atom stereocenters. The number of nitrogens with one attached hydrogen (secondary N) is 1. The normalized spacial score (nSPS) is 12.5. The molecule has 0 saturated carbocycles. The van der Waals surface area contributed by atoms with Crippen LogP contribution in [0.2, 0.25) is 0 Å². The molecule has 2 unspecified atom stereocenters. The lowest BCUT2D eigenvalue weighted by molar-refractivity contribution is -0.127. The van der Waals surface area contributed by atoms with E-state index in [-0.39, 0.29) is 6.42 Å². The van der Waals surface area contributed by atoms with Crippen molar-refractivity contribution in [2.45, 2.75) is 39.3 Å². The summed E-state index contributed by atoms with van der Waals surface area (Å²) in [6, 6.07) is 8.43. The Morgan fingerprint density at radius 3 is 2.36 bits per heavy atom. The topological polar surface area (TPSA) is 110 Å². The van der Waals surface area contributed by atoms with Crippen molar-refractivity contribution in [3.63, 3.8) is 0 Å². The molecule has 2 rings (SSSR count). The molecule has 0 spiro atoms. The minimum Gasteiger partial charge on any atom is -0.381 e. The van der Waals surface area contributed by atoms with E-state index in [2.05, 4.69) is 10.4 Å². The highest BCUT2D eigenvalue weighted by atomic mass is 16.3. The van der Waals surface area contributed by atoms with Gasteiger partial charge in [-0.2, -0.15) is 5.10 Å². The number of nitrogens with two attached hydrogens (primary N) is 1. The third-order valence-electron chi connectivity index (χ3n) is 3.55. The maximum Gasteiger partial charge on any atom is 0.255 e. The van der Waals surface area contributed by atoms with Gasteiger partial charge in [0.25, 0.3) is 5.91 Å². The van der Waals surface area contributed by atoms with E-state index in [1.54, 1.807) is 20.2 Å². The zero-order chi connectivity index (χ0) is 19.0. The first-order valence-corrected chi connectivity index (χ1v) is 8.21. The fraction of sp³-hybridized carbons (Fsp3) is 0.389. The SMILES string of the molecule is CC.Cc1nn(C)cc1C(=O)NC(Cc1ccccc1)C(O)C(N)=O. The minimum absolute atomic E-state index is 0.288. The molecule has 136 valence electrons. The molecule has 1 heterocycles. The molecule has 4 N–H and O–H groups in total. The summed E-state index contributed by atoms with van der Waals surface area (Å²) < 4.78 is 1.53.